The number of thiazole rings is 1. The van der Waals surface area contributed by atoms with Crippen LogP contribution in [0.15, 0.2) is 32.7 Å². The second-order valence-corrected chi connectivity index (χ2v) is 4.70. The second kappa shape index (κ2) is 5.23. The fourth-order valence-corrected chi connectivity index (χ4v) is 2.32. The van der Waals surface area contributed by atoms with Crippen molar-refractivity contribution in [1.82, 2.24) is 15.1 Å². The molecule has 19 heavy (non-hydrogen) atoms. The van der Waals surface area contributed by atoms with E-state index in [1.165, 1.54) is 0 Å². The first-order valence-corrected chi connectivity index (χ1v) is 6.78. The summed E-state index contributed by atoms with van der Waals surface area (Å²) in [6.45, 7) is 2.55. The lowest BCUT2D eigenvalue weighted by Crippen LogP contribution is -2.00. The molecule has 0 unspecified atom stereocenters. The molecule has 6 nitrogen and oxygen atoms in total. The Hall–Kier alpha value is -2.15. The second-order valence-electron chi connectivity index (χ2n) is 3.84. The summed E-state index contributed by atoms with van der Waals surface area (Å²) in [5.41, 5.74) is 1.08. The van der Waals surface area contributed by atoms with Crippen molar-refractivity contribution in [3.63, 3.8) is 0 Å². The molecular formula is C12H12N4O2S. The van der Waals surface area contributed by atoms with Crippen molar-refractivity contribution in [2.45, 2.75) is 19.9 Å². The maximum Gasteiger partial charge on any atom is 0.293 e. The number of rotatable bonds is 5. The van der Waals surface area contributed by atoms with Crippen molar-refractivity contribution >= 4 is 16.5 Å². The monoisotopic (exact) mass is 276 g/mol. The van der Waals surface area contributed by atoms with E-state index >= 15 is 0 Å². The van der Waals surface area contributed by atoms with Crippen molar-refractivity contribution < 1.29 is 8.94 Å². The van der Waals surface area contributed by atoms with E-state index in [1.807, 2.05) is 5.38 Å². The van der Waals surface area contributed by atoms with Crippen LogP contribution in [0.2, 0.25) is 0 Å². The number of nitrogens with one attached hydrogen (secondary N) is 1. The maximum absolute atomic E-state index is 5.19. The average molecular weight is 276 g/mol. The molecule has 0 spiro atoms. The Kier molecular flexibility index (Phi) is 3.28. The third kappa shape index (κ3) is 2.65. The minimum atomic E-state index is 0.384. The Morgan fingerprint density at radius 2 is 2.32 bits per heavy atom. The van der Waals surface area contributed by atoms with Gasteiger partial charge >= 0.3 is 0 Å². The van der Waals surface area contributed by atoms with Gasteiger partial charge in [-0.15, -0.1) is 11.3 Å². The van der Waals surface area contributed by atoms with Crippen LogP contribution in [0.3, 0.4) is 0 Å². The first kappa shape index (κ1) is 11.9. The van der Waals surface area contributed by atoms with Gasteiger partial charge in [0.15, 0.2) is 16.7 Å². The number of hydrogen-bond acceptors (Lipinski definition) is 7. The lowest BCUT2D eigenvalue weighted by atomic mass is 10.4. The molecule has 3 aromatic heterocycles. The quantitative estimate of drug-likeness (QED) is 0.772. The highest BCUT2D eigenvalue weighted by molar-refractivity contribution is 7.13. The van der Waals surface area contributed by atoms with Crippen LogP contribution in [0.1, 0.15) is 18.4 Å². The molecule has 0 aliphatic rings. The summed E-state index contributed by atoms with van der Waals surface area (Å²) in [5.74, 6) is 1.52. The van der Waals surface area contributed by atoms with Gasteiger partial charge in [0.1, 0.15) is 0 Å². The predicted octanol–water partition coefficient (Wildman–Crippen LogP) is 2.96. The van der Waals surface area contributed by atoms with Crippen molar-refractivity contribution in [2.75, 3.05) is 5.32 Å². The van der Waals surface area contributed by atoms with Crippen LogP contribution >= 0.6 is 11.3 Å². The van der Waals surface area contributed by atoms with Gasteiger partial charge in [-0.3, -0.25) is 0 Å². The largest absolute Gasteiger partial charge is 0.459 e. The van der Waals surface area contributed by atoms with Crippen LogP contribution in [0, 0.1) is 0 Å². The third-order valence-electron chi connectivity index (χ3n) is 2.51. The van der Waals surface area contributed by atoms with E-state index in [9.17, 15) is 0 Å². The van der Waals surface area contributed by atoms with Crippen LogP contribution in [0.25, 0.3) is 11.7 Å². The molecule has 1 N–H and O–H groups in total. The molecule has 3 rings (SSSR count). The zero-order valence-electron chi connectivity index (χ0n) is 10.3. The van der Waals surface area contributed by atoms with Crippen LogP contribution < -0.4 is 5.32 Å². The van der Waals surface area contributed by atoms with E-state index in [0.29, 0.717) is 24.0 Å². The minimum Gasteiger partial charge on any atom is -0.459 e. The van der Waals surface area contributed by atoms with E-state index in [0.717, 1.165) is 17.2 Å². The first-order chi connectivity index (χ1) is 9.35. The Labute approximate surface area is 113 Å². The summed E-state index contributed by atoms with van der Waals surface area (Å²) in [5, 5.41) is 9.95. The smallest absolute Gasteiger partial charge is 0.293 e. The molecule has 7 heteroatoms. The van der Waals surface area contributed by atoms with E-state index in [4.69, 9.17) is 8.94 Å². The molecule has 0 amide bonds. The van der Waals surface area contributed by atoms with Crippen LogP contribution in [0.5, 0.6) is 0 Å². The number of hydrogen-bond donors (Lipinski definition) is 1. The molecule has 0 aliphatic carbocycles. The Balaban J connectivity index is 1.64. The predicted molar refractivity (Wildman–Crippen MR) is 70.8 cm³/mol. The topological polar surface area (TPSA) is 77.0 Å². The highest BCUT2D eigenvalue weighted by Gasteiger charge is 2.11. The Morgan fingerprint density at radius 3 is 3.05 bits per heavy atom. The highest BCUT2D eigenvalue weighted by atomic mass is 32.1. The van der Waals surface area contributed by atoms with Gasteiger partial charge in [0.25, 0.3) is 5.89 Å². The molecule has 3 aromatic rings. The third-order valence-corrected chi connectivity index (χ3v) is 3.36. The molecule has 0 radical (unpaired) electrons. The standard InChI is InChI=1S/C12H12N4O2S/c1-2-8-7-19-12(14-8)13-6-10-15-11(18-16-10)9-4-3-5-17-9/h3-5,7H,2,6H2,1H3,(H,13,14). The highest BCUT2D eigenvalue weighted by Crippen LogP contribution is 2.19. The molecule has 3 heterocycles. The molecule has 0 atom stereocenters. The van der Waals surface area contributed by atoms with Gasteiger partial charge in [0.2, 0.25) is 0 Å². The summed E-state index contributed by atoms with van der Waals surface area (Å²) >= 11 is 1.57. The summed E-state index contributed by atoms with van der Waals surface area (Å²) < 4.78 is 10.3. The number of aromatic nitrogens is 3. The van der Waals surface area contributed by atoms with E-state index in [2.05, 4.69) is 27.4 Å². The lowest BCUT2D eigenvalue weighted by Gasteiger charge is -1.96. The SMILES string of the molecule is CCc1csc(NCc2noc(-c3ccco3)n2)n1. The van der Waals surface area contributed by atoms with Crippen molar-refractivity contribution in [1.29, 1.82) is 0 Å². The van der Waals surface area contributed by atoms with Gasteiger partial charge in [-0.25, -0.2) is 4.98 Å². The van der Waals surface area contributed by atoms with Crippen molar-refractivity contribution in [3.8, 4) is 11.7 Å². The van der Waals surface area contributed by atoms with E-state index in [1.54, 1.807) is 29.7 Å². The normalized spacial score (nSPS) is 10.8. The number of furan rings is 1. The van der Waals surface area contributed by atoms with Gasteiger partial charge in [0.05, 0.1) is 18.5 Å². The molecule has 0 saturated heterocycles. The van der Waals surface area contributed by atoms with E-state index in [-0.39, 0.29) is 0 Å². The number of nitrogens with zero attached hydrogens (tertiary/aromatic N) is 3. The maximum atomic E-state index is 5.19. The first-order valence-electron chi connectivity index (χ1n) is 5.90. The average Bonchev–Trinajstić information content (AvgIpc) is 3.16. The zero-order valence-corrected chi connectivity index (χ0v) is 11.1. The molecule has 98 valence electrons. The summed E-state index contributed by atoms with van der Waals surface area (Å²) in [6.07, 6.45) is 2.50. The van der Waals surface area contributed by atoms with Crippen LogP contribution in [-0.2, 0) is 13.0 Å². The molecule has 0 aromatic carbocycles. The van der Waals surface area contributed by atoms with Crippen molar-refractivity contribution in [2.24, 2.45) is 0 Å². The zero-order chi connectivity index (χ0) is 13.1. The van der Waals surface area contributed by atoms with E-state index < -0.39 is 0 Å². The van der Waals surface area contributed by atoms with Crippen LogP contribution in [-0.4, -0.2) is 15.1 Å². The number of anilines is 1. The molecule has 0 bridgehead atoms. The molecule has 0 saturated carbocycles. The lowest BCUT2D eigenvalue weighted by molar-refractivity contribution is 0.410. The summed E-state index contributed by atoms with van der Waals surface area (Å²) in [7, 11) is 0. The van der Waals surface area contributed by atoms with Gasteiger partial charge in [0, 0.05) is 5.38 Å². The Morgan fingerprint density at radius 1 is 1.37 bits per heavy atom. The van der Waals surface area contributed by atoms with Crippen LogP contribution in [0.4, 0.5) is 5.13 Å². The Bertz CT molecular complexity index is 644. The van der Waals surface area contributed by atoms with Gasteiger partial charge in [-0.1, -0.05) is 12.1 Å². The fraction of sp³-hybridized carbons (Fsp3) is 0.250. The summed E-state index contributed by atoms with van der Waals surface area (Å²) in [6, 6.07) is 3.55. The summed E-state index contributed by atoms with van der Waals surface area (Å²) in [4.78, 5) is 8.64. The molecule has 0 aliphatic heterocycles. The fourth-order valence-electron chi connectivity index (χ4n) is 1.53. The molecular weight excluding hydrogens is 264 g/mol. The van der Waals surface area contributed by atoms with Gasteiger partial charge in [-0.05, 0) is 18.6 Å². The molecule has 0 fully saturated rings. The van der Waals surface area contributed by atoms with Gasteiger partial charge < -0.3 is 14.3 Å². The number of aryl methyl sites for hydroxylation is 1. The van der Waals surface area contributed by atoms with Crippen molar-refractivity contribution in [3.05, 3.63) is 35.3 Å². The van der Waals surface area contributed by atoms with Gasteiger partial charge in [-0.2, -0.15) is 4.98 Å². The minimum absolute atomic E-state index is 0.384.